The van der Waals surface area contributed by atoms with Crippen molar-refractivity contribution in [3.63, 3.8) is 0 Å². The maximum absolute atomic E-state index is 2.59. The Labute approximate surface area is 408 Å². The Morgan fingerprint density at radius 1 is 0.493 bits per heavy atom. The second-order valence-electron chi connectivity index (χ2n) is 22.6. The van der Waals surface area contributed by atoms with Crippen LogP contribution in [-0.2, 0) is 10.8 Å². The van der Waals surface area contributed by atoms with E-state index in [-0.39, 0.29) is 5.41 Å². The normalized spacial score (nSPS) is 22.3. The van der Waals surface area contributed by atoms with Gasteiger partial charge in [-0.1, -0.05) is 154 Å². The van der Waals surface area contributed by atoms with Crippen LogP contribution in [0.4, 0.5) is 17.1 Å². The smallest absolute Gasteiger partial charge is 0.0588 e. The van der Waals surface area contributed by atoms with Gasteiger partial charge in [0.1, 0.15) is 0 Å². The molecule has 0 spiro atoms. The standard InChI is InChI=1S/C67H62N2/c1-66(2)61-40-56(68(54-27-23-49(24-28-54)47-15-7-3-8-16-47)55-29-25-52(26-30-55)67-41-44-35-45(42-67)37-46(36-44)43-67)31-32-57(61)58-33-34-59-63-60(50-19-11-5-12-20-50)38-51(48-17-9-4-10-18-48)39-62(63)69(65(59)64(58)66)53-21-13-6-14-22-53/h4-6,9-14,17-34,38-40,44-47H,3,7-8,15-16,35-37,41-43H2,1-2H3. The van der Waals surface area contributed by atoms with Gasteiger partial charge in [0.05, 0.1) is 11.0 Å². The summed E-state index contributed by atoms with van der Waals surface area (Å²) >= 11 is 0. The van der Waals surface area contributed by atoms with Crippen LogP contribution >= 0.6 is 0 Å². The Kier molecular flexibility index (Phi) is 9.56. The summed E-state index contributed by atoms with van der Waals surface area (Å²) in [5.41, 5.74) is 21.0. The van der Waals surface area contributed by atoms with E-state index in [2.05, 4.69) is 205 Å². The molecule has 1 heterocycles. The molecule has 2 nitrogen and oxygen atoms in total. The SMILES string of the molecule is CC1(C)c2cc(N(c3ccc(C4CCCCC4)cc3)c3ccc(C45CC6CC(CC(C6)C4)C5)cc3)ccc2-c2ccc3c4c(-c5ccccc5)cc(-c5ccccc5)cc4n(-c4ccccc4)c3c21. The molecule has 9 aromatic rings. The molecule has 0 saturated heterocycles. The molecule has 69 heavy (non-hydrogen) atoms. The zero-order valence-corrected chi connectivity index (χ0v) is 40.3. The topological polar surface area (TPSA) is 8.17 Å². The van der Waals surface area contributed by atoms with Crippen LogP contribution in [0.25, 0.3) is 60.9 Å². The molecule has 0 radical (unpaired) electrons. The highest BCUT2D eigenvalue weighted by Gasteiger charge is 2.51. The van der Waals surface area contributed by atoms with Crippen molar-refractivity contribution in [2.24, 2.45) is 17.8 Å². The Morgan fingerprint density at radius 2 is 1.07 bits per heavy atom. The van der Waals surface area contributed by atoms with Gasteiger partial charge in [-0.15, -0.1) is 0 Å². The fourth-order valence-corrected chi connectivity index (χ4v) is 15.3. The van der Waals surface area contributed by atoms with E-state index in [0.717, 1.165) is 17.8 Å². The number of aromatic nitrogens is 1. The molecule has 5 fully saturated rings. The monoisotopic (exact) mass is 894 g/mol. The highest BCUT2D eigenvalue weighted by atomic mass is 15.1. The van der Waals surface area contributed by atoms with Crippen LogP contribution in [0.3, 0.4) is 0 Å². The number of fused-ring (bicyclic) bond motifs is 7. The Hall–Kier alpha value is -6.64. The van der Waals surface area contributed by atoms with Crippen LogP contribution in [0.2, 0.25) is 0 Å². The maximum Gasteiger partial charge on any atom is 0.0588 e. The third-order valence-electron chi connectivity index (χ3n) is 18.1. The largest absolute Gasteiger partial charge is 0.310 e. The van der Waals surface area contributed by atoms with Gasteiger partial charge in [-0.2, -0.15) is 0 Å². The van der Waals surface area contributed by atoms with Crippen molar-refractivity contribution in [2.75, 3.05) is 4.90 Å². The lowest BCUT2D eigenvalue weighted by atomic mass is 9.48. The molecule has 6 aliphatic rings. The van der Waals surface area contributed by atoms with Crippen LogP contribution < -0.4 is 4.90 Å². The fourth-order valence-electron chi connectivity index (χ4n) is 15.3. The van der Waals surface area contributed by atoms with E-state index in [1.807, 2.05) is 0 Å². The number of para-hydroxylation sites is 1. The second kappa shape index (κ2) is 16.0. The van der Waals surface area contributed by atoms with Crippen LogP contribution in [0.1, 0.15) is 113 Å². The molecule has 0 amide bonds. The molecule has 0 aliphatic heterocycles. The van der Waals surface area contributed by atoms with E-state index >= 15 is 0 Å². The number of hydrogen-bond donors (Lipinski definition) is 0. The average Bonchev–Trinajstić information content (AvgIpc) is 3.85. The molecule has 4 bridgehead atoms. The first-order valence-corrected chi connectivity index (χ1v) is 26.4. The number of hydrogen-bond acceptors (Lipinski definition) is 1. The van der Waals surface area contributed by atoms with Gasteiger partial charge in [-0.25, -0.2) is 0 Å². The lowest BCUT2D eigenvalue weighted by molar-refractivity contribution is -0.00518. The van der Waals surface area contributed by atoms with Crippen LogP contribution in [0.5, 0.6) is 0 Å². The summed E-state index contributed by atoms with van der Waals surface area (Å²) in [6.45, 7) is 4.95. The minimum atomic E-state index is -0.296. The summed E-state index contributed by atoms with van der Waals surface area (Å²) in [6.07, 6.45) is 15.3. The van der Waals surface area contributed by atoms with Gasteiger partial charge >= 0.3 is 0 Å². The minimum Gasteiger partial charge on any atom is -0.310 e. The molecular formula is C67H62N2. The summed E-state index contributed by atoms with van der Waals surface area (Å²) in [5, 5.41) is 2.60. The van der Waals surface area contributed by atoms with Crippen LogP contribution in [0, 0.1) is 17.8 Å². The highest BCUT2D eigenvalue weighted by molar-refractivity contribution is 6.19. The molecule has 8 aromatic carbocycles. The summed E-state index contributed by atoms with van der Waals surface area (Å²) in [7, 11) is 0. The Balaban J connectivity index is 0.936. The summed E-state index contributed by atoms with van der Waals surface area (Å²) in [4.78, 5) is 2.56. The van der Waals surface area contributed by atoms with E-state index in [4.69, 9.17) is 0 Å². The second-order valence-corrected chi connectivity index (χ2v) is 22.6. The van der Waals surface area contributed by atoms with Gasteiger partial charge in [0, 0.05) is 38.9 Å². The molecular weight excluding hydrogens is 833 g/mol. The predicted octanol–water partition coefficient (Wildman–Crippen LogP) is 18.4. The fraction of sp³-hybridized carbons (Fsp3) is 0.284. The van der Waals surface area contributed by atoms with Crippen molar-refractivity contribution < 1.29 is 0 Å². The average molecular weight is 895 g/mol. The summed E-state index contributed by atoms with van der Waals surface area (Å²) in [6, 6.07) is 69.8. The first-order chi connectivity index (χ1) is 33.9. The van der Waals surface area contributed by atoms with E-state index in [0.29, 0.717) is 11.3 Å². The zero-order chi connectivity index (χ0) is 45.8. The number of rotatable bonds is 8. The van der Waals surface area contributed by atoms with Crippen LogP contribution in [-0.4, -0.2) is 4.57 Å². The van der Waals surface area contributed by atoms with E-state index in [9.17, 15) is 0 Å². The molecule has 1 aromatic heterocycles. The van der Waals surface area contributed by atoms with Crippen molar-refractivity contribution in [2.45, 2.75) is 101 Å². The quantitative estimate of drug-likeness (QED) is 0.148. The number of nitrogens with zero attached hydrogens (tertiary/aromatic N) is 2. The molecule has 6 aliphatic carbocycles. The van der Waals surface area contributed by atoms with Gasteiger partial charge in [0.25, 0.3) is 0 Å². The van der Waals surface area contributed by atoms with Gasteiger partial charge in [0.15, 0.2) is 0 Å². The van der Waals surface area contributed by atoms with E-state index < -0.39 is 0 Å². The molecule has 2 heteroatoms. The van der Waals surface area contributed by atoms with Gasteiger partial charge in [-0.05, 0) is 197 Å². The number of anilines is 3. The molecule has 340 valence electrons. The molecule has 15 rings (SSSR count). The Morgan fingerprint density at radius 3 is 1.72 bits per heavy atom. The van der Waals surface area contributed by atoms with Gasteiger partial charge < -0.3 is 9.47 Å². The van der Waals surface area contributed by atoms with E-state index in [1.165, 1.54) is 165 Å². The van der Waals surface area contributed by atoms with Crippen LogP contribution in [0.15, 0.2) is 182 Å². The van der Waals surface area contributed by atoms with Crippen molar-refractivity contribution in [3.05, 3.63) is 204 Å². The first-order valence-electron chi connectivity index (χ1n) is 26.4. The lowest BCUT2D eigenvalue weighted by Gasteiger charge is -2.57. The van der Waals surface area contributed by atoms with Gasteiger partial charge in [0.2, 0.25) is 0 Å². The minimum absolute atomic E-state index is 0.296. The number of benzene rings is 8. The van der Waals surface area contributed by atoms with Crippen molar-refractivity contribution in [1.82, 2.24) is 4.57 Å². The van der Waals surface area contributed by atoms with Crippen molar-refractivity contribution in [1.29, 1.82) is 0 Å². The van der Waals surface area contributed by atoms with Crippen molar-refractivity contribution in [3.8, 4) is 39.1 Å². The third kappa shape index (κ3) is 6.65. The molecule has 0 unspecified atom stereocenters. The lowest BCUT2D eigenvalue weighted by Crippen LogP contribution is -2.48. The summed E-state index contributed by atoms with van der Waals surface area (Å²) in [5.74, 6) is 3.47. The third-order valence-corrected chi connectivity index (χ3v) is 18.1. The van der Waals surface area contributed by atoms with Gasteiger partial charge in [-0.3, -0.25) is 0 Å². The maximum atomic E-state index is 2.59. The Bertz CT molecular complexity index is 3350. The first kappa shape index (κ1) is 41.3. The van der Waals surface area contributed by atoms with Crippen molar-refractivity contribution >= 4 is 38.9 Å². The molecule has 0 atom stereocenters. The predicted molar refractivity (Wildman–Crippen MR) is 290 cm³/mol. The molecule has 5 saturated carbocycles. The highest BCUT2D eigenvalue weighted by Crippen LogP contribution is 2.61. The zero-order valence-electron chi connectivity index (χ0n) is 40.3. The molecule has 0 N–H and O–H groups in total. The van der Waals surface area contributed by atoms with E-state index in [1.54, 1.807) is 5.56 Å². The summed E-state index contributed by atoms with van der Waals surface area (Å²) < 4.78 is 2.59.